The summed E-state index contributed by atoms with van der Waals surface area (Å²) in [6.07, 6.45) is 1.06. The predicted molar refractivity (Wildman–Crippen MR) is 71.3 cm³/mol. The van der Waals surface area contributed by atoms with Crippen molar-refractivity contribution in [3.8, 4) is 0 Å². The van der Waals surface area contributed by atoms with Crippen molar-refractivity contribution in [2.24, 2.45) is 0 Å². The molecular weight excluding hydrogens is 334 g/mol. The highest BCUT2D eigenvalue weighted by molar-refractivity contribution is 14.1. The minimum absolute atomic E-state index is 0.263. The van der Waals surface area contributed by atoms with Crippen molar-refractivity contribution in [1.29, 1.82) is 0 Å². The molecule has 0 aliphatic carbocycles. The summed E-state index contributed by atoms with van der Waals surface area (Å²) in [6, 6.07) is 9.79. The lowest BCUT2D eigenvalue weighted by molar-refractivity contribution is 0.102. The Bertz CT molecular complexity index is 525. The van der Waals surface area contributed by atoms with E-state index >= 15 is 0 Å². The van der Waals surface area contributed by atoms with Gasteiger partial charge in [0, 0.05) is 9.13 Å². The molecule has 2 rings (SSSR count). The van der Waals surface area contributed by atoms with Gasteiger partial charge >= 0.3 is 0 Å². The second-order valence-electron chi connectivity index (χ2n) is 3.32. The number of amides is 1. The van der Waals surface area contributed by atoms with Gasteiger partial charge < -0.3 is 5.32 Å². The van der Waals surface area contributed by atoms with E-state index in [4.69, 9.17) is 0 Å². The number of halogens is 2. The molecule has 0 radical (unpaired) electrons. The van der Waals surface area contributed by atoms with Crippen LogP contribution in [-0.2, 0) is 0 Å². The highest BCUT2D eigenvalue weighted by atomic mass is 127. The van der Waals surface area contributed by atoms with Gasteiger partial charge in [-0.1, -0.05) is 0 Å². The first-order valence-electron chi connectivity index (χ1n) is 4.83. The second kappa shape index (κ2) is 5.22. The van der Waals surface area contributed by atoms with Crippen molar-refractivity contribution in [1.82, 2.24) is 4.98 Å². The number of benzene rings is 1. The number of rotatable bonds is 2. The lowest BCUT2D eigenvalue weighted by Crippen LogP contribution is -2.12. The van der Waals surface area contributed by atoms with Gasteiger partial charge in [-0.2, -0.15) is 0 Å². The Balaban J connectivity index is 2.11. The van der Waals surface area contributed by atoms with Gasteiger partial charge in [-0.15, -0.1) is 0 Å². The molecule has 1 N–H and O–H groups in total. The number of nitrogens with zero attached hydrogens (tertiary/aromatic N) is 1. The zero-order valence-corrected chi connectivity index (χ0v) is 10.8. The number of carbonyl (C=O) groups is 1. The van der Waals surface area contributed by atoms with E-state index in [-0.39, 0.29) is 5.91 Å². The van der Waals surface area contributed by atoms with Crippen LogP contribution in [-0.4, -0.2) is 10.9 Å². The molecule has 86 valence electrons. The number of carbonyl (C=O) groups excluding carboxylic acids is 1. The van der Waals surface area contributed by atoms with E-state index in [9.17, 15) is 9.18 Å². The molecule has 5 heteroatoms. The summed E-state index contributed by atoms with van der Waals surface area (Å²) in [7, 11) is 0. The van der Waals surface area contributed by atoms with Crippen molar-refractivity contribution in [3.05, 3.63) is 57.5 Å². The third kappa shape index (κ3) is 3.23. The third-order valence-electron chi connectivity index (χ3n) is 2.08. The Kier molecular flexibility index (Phi) is 3.68. The smallest absolute Gasteiger partial charge is 0.256 e. The molecule has 1 aromatic heterocycles. The number of hydrogen-bond donors (Lipinski definition) is 1. The summed E-state index contributed by atoms with van der Waals surface area (Å²) < 4.78 is 13.7. The lowest BCUT2D eigenvalue weighted by atomic mass is 10.2. The summed E-state index contributed by atoms with van der Waals surface area (Å²) in [4.78, 5) is 15.5. The van der Waals surface area contributed by atoms with Crippen molar-refractivity contribution in [3.63, 3.8) is 0 Å². The van der Waals surface area contributed by atoms with Crippen LogP contribution < -0.4 is 5.32 Å². The fourth-order valence-electron chi connectivity index (χ4n) is 1.24. The van der Waals surface area contributed by atoms with Crippen LogP contribution in [0.4, 0.5) is 10.2 Å². The number of aromatic nitrogens is 1. The SMILES string of the molecule is O=C(Nc1ccc(F)cn1)c1ccc(I)cc1. The molecule has 0 saturated heterocycles. The molecule has 0 aliphatic rings. The molecule has 0 bridgehead atoms. The number of nitrogens with one attached hydrogen (secondary N) is 1. The molecule has 0 saturated carbocycles. The minimum Gasteiger partial charge on any atom is -0.307 e. The molecule has 1 aromatic carbocycles. The van der Waals surface area contributed by atoms with E-state index in [0.717, 1.165) is 9.77 Å². The normalized spacial score (nSPS) is 10.0. The quantitative estimate of drug-likeness (QED) is 0.853. The second-order valence-corrected chi connectivity index (χ2v) is 4.57. The average molecular weight is 342 g/mol. The van der Waals surface area contributed by atoms with Gasteiger partial charge in [-0.3, -0.25) is 4.79 Å². The van der Waals surface area contributed by atoms with Crippen molar-refractivity contribution >= 4 is 34.3 Å². The summed E-state index contributed by atoms with van der Waals surface area (Å²) in [5.41, 5.74) is 0.538. The van der Waals surface area contributed by atoms with Crippen LogP contribution >= 0.6 is 22.6 Å². The van der Waals surface area contributed by atoms with Gasteiger partial charge in [0.15, 0.2) is 0 Å². The van der Waals surface area contributed by atoms with E-state index in [2.05, 4.69) is 32.9 Å². The molecule has 0 fully saturated rings. The van der Waals surface area contributed by atoms with Gasteiger partial charge in [0.1, 0.15) is 11.6 Å². The summed E-state index contributed by atoms with van der Waals surface area (Å²) in [5.74, 6) is -0.368. The first-order chi connectivity index (χ1) is 8.15. The van der Waals surface area contributed by atoms with E-state index in [0.29, 0.717) is 11.4 Å². The molecule has 0 aliphatic heterocycles. The highest BCUT2D eigenvalue weighted by Gasteiger charge is 2.06. The van der Waals surface area contributed by atoms with Crippen LogP contribution in [0.1, 0.15) is 10.4 Å². The van der Waals surface area contributed by atoms with Crippen LogP contribution in [0.3, 0.4) is 0 Å². The molecule has 2 aromatic rings. The first kappa shape index (κ1) is 12.0. The topological polar surface area (TPSA) is 42.0 Å². The van der Waals surface area contributed by atoms with Gasteiger partial charge in [-0.25, -0.2) is 9.37 Å². The Morgan fingerprint density at radius 2 is 1.88 bits per heavy atom. The molecular formula is C12H8FIN2O. The zero-order valence-electron chi connectivity index (χ0n) is 8.65. The van der Waals surface area contributed by atoms with Gasteiger partial charge in [-0.05, 0) is 59.0 Å². The fourth-order valence-corrected chi connectivity index (χ4v) is 1.60. The molecule has 0 unspecified atom stereocenters. The van der Waals surface area contributed by atoms with Crippen molar-refractivity contribution in [2.75, 3.05) is 5.32 Å². The number of anilines is 1. The highest BCUT2D eigenvalue weighted by Crippen LogP contribution is 2.09. The molecule has 3 nitrogen and oxygen atoms in total. The standard InChI is InChI=1S/C12H8FIN2O/c13-9-3-6-11(15-7-9)16-12(17)8-1-4-10(14)5-2-8/h1-7H,(H,15,16,17). The van der Waals surface area contributed by atoms with Crippen LogP contribution in [0, 0.1) is 9.39 Å². The lowest BCUT2D eigenvalue weighted by Gasteiger charge is -2.04. The van der Waals surface area contributed by atoms with E-state index in [1.807, 2.05) is 12.1 Å². The van der Waals surface area contributed by atoms with Crippen LogP contribution in [0.15, 0.2) is 42.6 Å². The predicted octanol–water partition coefficient (Wildman–Crippen LogP) is 3.08. The van der Waals surface area contributed by atoms with E-state index in [1.165, 1.54) is 12.1 Å². The Morgan fingerprint density at radius 1 is 1.18 bits per heavy atom. The van der Waals surface area contributed by atoms with Crippen molar-refractivity contribution in [2.45, 2.75) is 0 Å². The molecule has 0 spiro atoms. The third-order valence-corrected chi connectivity index (χ3v) is 2.79. The molecule has 0 atom stereocenters. The summed E-state index contributed by atoms with van der Waals surface area (Å²) >= 11 is 2.16. The average Bonchev–Trinajstić information content (AvgIpc) is 2.33. The Labute approximate surface area is 111 Å². The molecule has 1 amide bonds. The number of hydrogen-bond acceptors (Lipinski definition) is 2. The van der Waals surface area contributed by atoms with Gasteiger partial charge in [0.2, 0.25) is 0 Å². The Morgan fingerprint density at radius 3 is 2.47 bits per heavy atom. The molecule has 17 heavy (non-hydrogen) atoms. The van der Waals surface area contributed by atoms with E-state index < -0.39 is 5.82 Å². The summed E-state index contributed by atoms with van der Waals surface area (Å²) in [5, 5.41) is 2.59. The summed E-state index contributed by atoms with van der Waals surface area (Å²) in [6.45, 7) is 0. The first-order valence-corrected chi connectivity index (χ1v) is 5.91. The van der Waals surface area contributed by atoms with Gasteiger partial charge in [0.25, 0.3) is 5.91 Å². The number of pyridine rings is 1. The molecule has 1 heterocycles. The van der Waals surface area contributed by atoms with Crippen LogP contribution in [0.5, 0.6) is 0 Å². The fraction of sp³-hybridized carbons (Fsp3) is 0. The van der Waals surface area contributed by atoms with Crippen molar-refractivity contribution < 1.29 is 9.18 Å². The minimum atomic E-state index is -0.433. The maximum absolute atomic E-state index is 12.6. The zero-order chi connectivity index (χ0) is 12.3. The maximum atomic E-state index is 12.6. The largest absolute Gasteiger partial charge is 0.307 e. The maximum Gasteiger partial charge on any atom is 0.256 e. The van der Waals surface area contributed by atoms with Crippen LogP contribution in [0.2, 0.25) is 0 Å². The Hall–Kier alpha value is -1.50. The van der Waals surface area contributed by atoms with Gasteiger partial charge in [0.05, 0.1) is 6.20 Å². The van der Waals surface area contributed by atoms with E-state index in [1.54, 1.807) is 12.1 Å². The van der Waals surface area contributed by atoms with Crippen LogP contribution in [0.25, 0.3) is 0 Å². The monoisotopic (exact) mass is 342 g/mol.